The minimum absolute atomic E-state index is 0.169. The van der Waals surface area contributed by atoms with E-state index in [0.29, 0.717) is 19.1 Å². The average Bonchev–Trinajstić information content (AvgIpc) is 3.15. The maximum absolute atomic E-state index is 14.9. The second kappa shape index (κ2) is 24.4. The lowest BCUT2D eigenvalue weighted by atomic mass is 10.0. The van der Waals surface area contributed by atoms with Gasteiger partial charge in [0, 0.05) is 0 Å². The molecule has 0 saturated carbocycles. The Hall–Kier alpha value is -3.88. The van der Waals surface area contributed by atoms with E-state index < -0.39 is 41.3 Å². The zero-order chi connectivity index (χ0) is 38.3. The summed E-state index contributed by atoms with van der Waals surface area (Å²) in [7, 11) is 0. The van der Waals surface area contributed by atoms with Crippen molar-refractivity contribution in [1.29, 1.82) is 0 Å². The van der Waals surface area contributed by atoms with Gasteiger partial charge in [0.15, 0.2) is 17.7 Å². The van der Waals surface area contributed by atoms with Crippen LogP contribution in [0.15, 0.2) is 66.7 Å². The number of carbonyl (C=O) groups is 2. The number of rotatable bonds is 26. The van der Waals surface area contributed by atoms with Crippen LogP contribution in [0.3, 0.4) is 0 Å². The predicted molar refractivity (Wildman–Crippen MR) is 203 cm³/mol. The number of unbranched alkanes of at least 4 members (excludes halogenated alkanes) is 16. The fourth-order valence-corrected chi connectivity index (χ4v) is 6.14. The standard InChI is InChI=1S/C44H58F4O5/c1-3-5-7-9-11-13-14-16-18-20-32-51-38-29-26-35(27-30-38)34-22-24-36(25-23-34)42(49)52-40-31-28-37(33-39(40)45)43(50)53-41(44(46,47)48)21-19-17-15-12-10-8-6-4-2/h22-31,33,41H,3-21,32H2,1-2H3. The van der Waals surface area contributed by atoms with E-state index in [4.69, 9.17) is 14.2 Å². The molecule has 0 bridgehead atoms. The Morgan fingerprint density at radius 2 is 1.06 bits per heavy atom. The van der Waals surface area contributed by atoms with Gasteiger partial charge in [-0.1, -0.05) is 141 Å². The second-order valence-corrected chi connectivity index (χ2v) is 13.9. The van der Waals surface area contributed by atoms with Gasteiger partial charge in [-0.25, -0.2) is 14.0 Å². The molecule has 0 fully saturated rings. The van der Waals surface area contributed by atoms with Gasteiger partial charge < -0.3 is 14.2 Å². The lowest BCUT2D eigenvalue weighted by molar-refractivity contribution is -0.206. The number of halogens is 4. The summed E-state index contributed by atoms with van der Waals surface area (Å²) in [6, 6.07) is 17.1. The largest absolute Gasteiger partial charge is 0.494 e. The maximum atomic E-state index is 14.9. The maximum Gasteiger partial charge on any atom is 0.425 e. The van der Waals surface area contributed by atoms with Gasteiger partial charge in [0.25, 0.3) is 0 Å². The highest BCUT2D eigenvalue weighted by Crippen LogP contribution is 2.29. The molecule has 0 aromatic heterocycles. The monoisotopic (exact) mass is 742 g/mol. The number of hydrogen-bond donors (Lipinski definition) is 0. The van der Waals surface area contributed by atoms with Crippen LogP contribution < -0.4 is 9.47 Å². The molecular weight excluding hydrogens is 684 g/mol. The summed E-state index contributed by atoms with van der Waals surface area (Å²) < 4.78 is 71.5. The third kappa shape index (κ3) is 16.8. The molecule has 3 aromatic rings. The van der Waals surface area contributed by atoms with E-state index in [9.17, 15) is 27.2 Å². The molecule has 0 spiro atoms. The number of ether oxygens (including phenoxy) is 3. The van der Waals surface area contributed by atoms with Crippen LogP contribution in [0.4, 0.5) is 17.6 Å². The first-order valence-electron chi connectivity index (χ1n) is 19.7. The number of benzene rings is 3. The van der Waals surface area contributed by atoms with Crippen LogP contribution in [0.1, 0.15) is 157 Å². The first-order valence-corrected chi connectivity index (χ1v) is 19.7. The van der Waals surface area contributed by atoms with Crippen molar-refractivity contribution in [3.63, 3.8) is 0 Å². The molecule has 0 saturated heterocycles. The van der Waals surface area contributed by atoms with E-state index in [1.54, 1.807) is 24.3 Å². The Morgan fingerprint density at radius 1 is 0.585 bits per heavy atom. The summed E-state index contributed by atoms with van der Waals surface area (Å²) in [5, 5.41) is 0. The van der Waals surface area contributed by atoms with Gasteiger partial charge in [-0.3, -0.25) is 0 Å². The average molecular weight is 743 g/mol. The van der Waals surface area contributed by atoms with Crippen LogP contribution in [-0.4, -0.2) is 30.8 Å². The van der Waals surface area contributed by atoms with E-state index in [1.807, 2.05) is 24.3 Å². The van der Waals surface area contributed by atoms with E-state index in [1.165, 1.54) is 57.8 Å². The Bertz CT molecular complexity index is 1470. The zero-order valence-electron chi connectivity index (χ0n) is 31.6. The zero-order valence-corrected chi connectivity index (χ0v) is 31.6. The molecule has 0 radical (unpaired) electrons. The van der Waals surface area contributed by atoms with Crippen LogP contribution in [0.2, 0.25) is 0 Å². The molecule has 1 atom stereocenters. The predicted octanol–water partition coefficient (Wildman–Crippen LogP) is 13.6. The topological polar surface area (TPSA) is 61.8 Å². The van der Waals surface area contributed by atoms with Crippen molar-refractivity contribution in [1.82, 2.24) is 0 Å². The van der Waals surface area contributed by atoms with Crippen molar-refractivity contribution in [2.24, 2.45) is 0 Å². The Balaban J connectivity index is 1.43. The fraction of sp³-hybridized carbons (Fsp3) is 0.545. The lowest BCUT2D eigenvalue weighted by Crippen LogP contribution is -2.34. The molecule has 3 rings (SSSR count). The minimum Gasteiger partial charge on any atom is -0.494 e. The van der Waals surface area contributed by atoms with Gasteiger partial charge in [0.1, 0.15) is 5.75 Å². The molecule has 0 aliphatic rings. The summed E-state index contributed by atoms with van der Waals surface area (Å²) in [5.41, 5.74) is 1.54. The molecular formula is C44H58F4O5. The molecule has 1 unspecified atom stereocenters. The molecule has 5 nitrogen and oxygen atoms in total. The number of alkyl halides is 3. The summed E-state index contributed by atoms with van der Waals surface area (Å²) in [6.45, 7) is 5.04. The van der Waals surface area contributed by atoms with Crippen LogP contribution >= 0.6 is 0 Å². The number of esters is 2. The van der Waals surface area contributed by atoms with E-state index >= 15 is 0 Å². The van der Waals surface area contributed by atoms with Gasteiger partial charge in [-0.15, -0.1) is 0 Å². The summed E-state index contributed by atoms with van der Waals surface area (Å²) in [4.78, 5) is 25.3. The third-order valence-corrected chi connectivity index (χ3v) is 9.38. The van der Waals surface area contributed by atoms with E-state index in [2.05, 4.69) is 13.8 Å². The first-order chi connectivity index (χ1) is 25.6. The normalized spacial score (nSPS) is 12.0. The van der Waals surface area contributed by atoms with Gasteiger partial charge in [-0.2, -0.15) is 13.2 Å². The van der Waals surface area contributed by atoms with E-state index in [-0.39, 0.29) is 18.4 Å². The second-order valence-electron chi connectivity index (χ2n) is 13.9. The van der Waals surface area contributed by atoms with Gasteiger partial charge in [0.2, 0.25) is 0 Å². The van der Waals surface area contributed by atoms with E-state index in [0.717, 1.165) is 74.0 Å². The molecule has 292 valence electrons. The van der Waals surface area contributed by atoms with Crippen molar-refractivity contribution in [3.05, 3.63) is 83.7 Å². The SMILES string of the molecule is CCCCCCCCCCCCOc1ccc(-c2ccc(C(=O)Oc3ccc(C(=O)OC(CCCCCCCCCC)C(F)(F)F)cc3F)cc2)cc1. The molecule has 53 heavy (non-hydrogen) atoms. The molecule has 0 amide bonds. The molecule has 3 aromatic carbocycles. The highest BCUT2D eigenvalue weighted by atomic mass is 19.4. The summed E-state index contributed by atoms with van der Waals surface area (Å²) in [5.74, 6) is -2.87. The highest BCUT2D eigenvalue weighted by Gasteiger charge is 2.42. The van der Waals surface area contributed by atoms with Crippen LogP contribution in [0, 0.1) is 5.82 Å². The summed E-state index contributed by atoms with van der Waals surface area (Å²) >= 11 is 0. The van der Waals surface area contributed by atoms with Crippen LogP contribution in [-0.2, 0) is 4.74 Å². The number of carbonyl (C=O) groups excluding carboxylic acids is 2. The molecule has 9 heteroatoms. The summed E-state index contributed by atoms with van der Waals surface area (Å²) in [6.07, 6.45) is 12.4. The van der Waals surface area contributed by atoms with Crippen molar-refractivity contribution >= 4 is 11.9 Å². The number of hydrogen-bond acceptors (Lipinski definition) is 5. The molecule has 0 heterocycles. The van der Waals surface area contributed by atoms with Crippen molar-refractivity contribution in [2.45, 2.75) is 148 Å². The Kier molecular flexibility index (Phi) is 20.1. The van der Waals surface area contributed by atoms with Crippen LogP contribution in [0.25, 0.3) is 11.1 Å². The molecule has 0 aliphatic carbocycles. The van der Waals surface area contributed by atoms with Gasteiger partial charge in [-0.05, 0) is 72.9 Å². The first kappa shape index (κ1) is 43.5. The fourth-order valence-electron chi connectivity index (χ4n) is 6.14. The van der Waals surface area contributed by atoms with Crippen molar-refractivity contribution in [3.8, 4) is 22.6 Å². The smallest absolute Gasteiger partial charge is 0.425 e. The van der Waals surface area contributed by atoms with Crippen molar-refractivity contribution < 1.29 is 41.4 Å². The van der Waals surface area contributed by atoms with Crippen LogP contribution in [0.5, 0.6) is 11.5 Å². The third-order valence-electron chi connectivity index (χ3n) is 9.38. The highest BCUT2D eigenvalue weighted by molar-refractivity contribution is 5.92. The van der Waals surface area contributed by atoms with Gasteiger partial charge in [0.05, 0.1) is 17.7 Å². The quantitative estimate of drug-likeness (QED) is 0.0355. The Labute approximate surface area is 313 Å². The molecule has 0 aliphatic heterocycles. The Morgan fingerprint density at radius 3 is 1.57 bits per heavy atom. The lowest BCUT2D eigenvalue weighted by Gasteiger charge is -2.21. The van der Waals surface area contributed by atoms with Crippen molar-refractivity contribution in [2.75, 3.05) is 6.61 Å². The minimum atomic E-state index is -4.75. The van der Waals surface area contributed by atoms with Gasteiger partial charge >= 0.3 is 18.1 Å². The molecule has 0 N–H and O–H groups in total.